The van der Waals surface area contributed by atoms with Crippen molar-refractivity contribution in [3.8, 4) is 0 Å². The van der Waals surface area contributed by atoms with Gasteiger partial charge in [-0.25, -0.2) is 9.20 Å². The molecule has 0 N–H and O–H groups in total. The Morgan fingerprint density at radius 3 is 2.78 bits per heavy atom. The maximum atomic E-state index is 12.1. The highest BCUT2D eigenvalue weighted by Crippen LogP contribution is 2.03. The molecular weight excluding hydrogens is 236 g/mol. The third-order valence-corrected chi connectivity index (χ3v) is 2.59. The SMILES string of the molecule is CCc1nn(CC(=O)OC)c(=O)c2cc(C)nn12. The van der Waals surface area contributed by atoms with Crippen LogP contribution in [0.4, 0.5) is 0 Å². The van der Waals surface area contributed by atoms with Gasteiger partial charge in [-0.15, -0.1) is 0 Å². The van der Waals surface area contributed by atoms with E-state index in [0.29, 0.717) is 17.8 Å². The minimum Gasteiger partial charge on any atom is -0.468 e. The summed E-state index contributed by atoms with van der Waals surface area (Å²) in [7, 11) is 1.27. The minimum absolute atomic E-state index is 0.191. The molecule has 0 aliphatic rings. The van der Waals surface area contributed by atoms with Crippen LogP contribution in [0, 0.1) is 6.92 Å². The maximum Gasteiger partial charge on any atom is 0.327 e. The van der Waals surface area contributed by atoms with Gasteiger partial charge in [0.2, 0.25) is 0 Å². The van der Waals surface area contributed by atoms with Gasteiger partial charge >= 0.3 is 5.97 Å². The smallest absolute Gasteiger partial charge is 0.327 e. The average molecular weight is 250 g/mol. The van der Waals surface area contributed by atoms with Crippen LogP contribution >= 0.6 is 0 Å². The van der Waals surface area contributed by atoms with Gasteiger partial charge in [-0.05, 0) is 13.0 Å². The summed E-state index contributed by atoms with van der Waals surface area (Å²) < 4.78 is 7.17. The van der Waals surface area contributed by atoms with Crippen LogP contribution in [0.5, 0.6) is 0 Å². The van der Waals surface area contributed by atoms with Crippen molar-refractivity contribution in [3.05, 3.63) is 27.9 Å². The number of hydrogen-bond donors (Lipinski definition) is 0. The number of carbonyl (C=O) groups excluding carboxylic acids is 1. The Morgan fingerprint density at radius 2 is 2.17 bits per heavy atom. The fourth-order valence-electron chi connectivity index (χ4n) is 1.72. The third-order valence-electron chi connectivity index (χ3n) is 2.59. The molecule has 0 saturated heterocycles. The fraction of sp³-hybridized carbons (Fsp3) is 0.455. The van der Waals surface area contributed by atoms with Gasteiger partial charge in [0, 0.05) is 6.42 Å². The van der Waals surface area contributed by atoms with E-state index in [2.05, 4.69) is 14.9 Å². The molecule has 18 heavy (non-hydrogen) atoms. The van der Waals surface area contributed by atoms with Crippen LogP contribution in [0.2, 0.25) is 0 Å². The Kier molecular flexibility index (Phi) is 3.14. The molecule has 0 aliphatic carbocycles. The van der Waals surface area contributed by atoms with E-state index in [9.17, 15) is 9.59 Å². The summed E-state index contributed by atoms with van der Waals surface area (Å²) in [6.45, 7) is 3.52. The van der Waals surface area contributed by atoms with E-state index in [-0.39, 0.29) is 12.1 Å². The fourth-order valence-corrected chi connectivity index (χ4v) is 1.72. The molecule has 2 rings (SSSR count). The summed E-state index contributed by atoms with van der Waals surface area (Å²) in [5, 5.41) is 8.33. The molecule has 2 heterocycles. The maximum absolute atomic E-state index is 12.1. The van der Waals surface area contributed by atoms with Crippen molar-refractivity contribution in [3.63, 3.8) is 0 Å². The Bertz CT molecular complexity index is 656. The lowest BCUT2D eigenvalue weighted by atomic mass is 10.4. The molecule has 7 heteroatoms. The van der Waals surface area contributed by atoms with Crippen molar-refractivity contribution in [1.29, 1.82) is 0 Å². The van der Waals surface area contributed by atoms with Gasteiger partial charge in [0.05, 0.1) is 12.8 Å². The van der Waals surface area contributed by atoms with Crippen LogP contribution < -0.4 is 5.56 Å². The van der Waals surface area contributed by atoms with E-state index in [1.807, 2.05) is 6.92 Å². The zero-order valence-corrected chi connectivity index (χ0v) is 10.5. The molecule has 0 aromatic carbocycles. The summed E-state index contributed by atoms with van der Waals surface area (Å²) in [4.78, 5) is 23.3. The summed E-state index contributed by atoms with van der Waals surface area (Å²) >= 11 is 0. The highest BCUT2D eigenvalue weighted by atomic mass is 16.5. The summed E-state index contributed by atoms with van der Waals surface area (Å²) in [6, 6.07) is 1.68. The van der Waals surface area contributed by atoms with Gasteiger partial charge in [0.25, 0.3) is 5.56 Å². The minimum atomic E-state index is -0.507. The standard InChI is InChI=1S/C11H14N4O3/c1-4-9-13-14(6-10(16)18-3)11(17)8-5-7(2)12-15(8)9/h5H,4,6H2,1-3H3. The lowest BCUT2D eigenvalue weighted by Gasteiger charge is -2.06. The molecule has 0 radical (unpaired) electrons. The second kappa shape index (κ2) is 4.59. The van der Waals surface area contributed by atoms with Gasteiger partial charge in [-0.1, -0.05) is 6.92 Å². The van der Waals surface area contributed by atoms with Gasteiger partial charge in [-0.3, -0.25) is 9.59 Å². The molecule has 0 spiro atoms. The predicted molar refractivity (Wildman–Crippen MR) is 63.4 cm³/mol. The quantitative estimate of drug-likeness (QED) is 0.713. The van der Waals surface area contributed by atoms with Gasteiger partial charge in [-0.2, -0.15) is 10.2 Å². The van der Waals surface area contributed by atoms with Crippen molar-refractivity contribution < 1.29 is 9.53 Å². The molecule has 7 nitrogen and oxygen atoms in total. The molecule has 0 atom stereocenters. The topological polar surface area (TPSA) is 78.5 Å². The molecule has 0 bridgehead atoms. The second-order valence-corrected chi connectivity index (χ2v) is 3.89. The highest BCUT2D eigenvalue weighted by molar-refractivity contribution is 5.68. The lowest BCUT2D eigenvalue weighted by molar-refractivity contribution is -0.141. The second-order valence-electron chi connectivity index (χ2n) is 3.89. The first-order chi connectivity index (χ1) is 8.56. The van der Waals surface area contributed by atoms with Crippen molar-refractivity contribution in [1.82, 2.24) is 19.4 Å². The molecule has 96 valence electrons. The zero-order valence-electron chi connectivity index (χ0n) is 10.5. The predicted octanol–water partition coefficient (Wildman–Crippen LogP) is -0.0652. The first-order valence-corrected chi connectivity index (χ1v) is 5.60. The van der Waals surface area contributed by atoms with Crippen molar-refractivity contribution in [2.75, 3.05) is 7.11 Å². The summed E-state index contributed by atoms with van der Waals surface area (Å²) in [5.74, 6) is 0.119. The number of aryl methyl sites for hydroxylation is 2. The normalized spacial score (nSPS) is 10.8. The van der Waals surface area contributed by atoms with E-state index in [0.717, 1.165) is 10.4 Å². The number of nitrogens with zero attached hydrogens (tertiary/aromatic N) is 4. The number of rotatable bonds is 3. The molecule has 0 amide bonds. The van der Waals surface area contributed by atoms with E-state index in [4.69, 9.17) is 0 Å². The summed E-state index contributed by atoms with van der Waals surface area (Å²) in [6.07, 6.45) is 0.610. The number of esters is 1. The van der Waals surface area contributed by atoms with Crippen LogP contribution in [-0.4, -0.2) is 32.5 Å². The van der Waals surface area contributed by atoms with Crippen LogP contribution in [0.15, 0.2) is 10.9 Å². The molecule has 2 aromatic rings. The van der Waals surface area contributed by atoms with E-state index in [1.165, 1.54) is 11.6 Å². The molecule has 0 saturated carbocycles. The Morgan fingerprint density at radius 1 is 1.44 bits per heavy atom. The number of ether oxygens (including phenoxy) is 1. The lowest BCUT2D eigenvalue weighted by Crippen LogP contribution is -2.30. The van der Waals surface area contributed by atoms with Crippen molar-refractivity contribution >= 4 is 11.5 Å². The van der Waals surface area contributed by atoms with Crippen LogP contribution in [0.25, 0.3) is 5.52 Å². The molecule has 0 aliphatic heterocycles. The Hall–Kier alpha value is -2.18. The van der Waals surface area contributed by atoms with Crippen LogP contribution in [0.1, 0.15) is 18.4 Å². The van der Waals surface area contributed by atoms with E-state index < -0.39 is 5.97 Å². The van der Waals surface area contributed by atoms with Crippen LogP contribution in [-0.2, 0) is 22.5 Å². The number of fused-ring (bicyclic) bond motifs is 1. The van der Waals surface area contributed by atoms with Gasteiger partial charge < -0.3 is 4.74 Å². The van der Waals surface area contributed by atoms with E-state index >= 15 is 0 Å². The largest absolute Gasteiger partial charge is 0.468 e. The first-order valence-electron chi connectivity index (χ1n) is 5.60. The Labute approximate surface area is 103 Å². The van der Waals surface area contributed by atoms with Crippen molar-refractivity contribution in [2.45, 2.75) is 26.8 Å². The van der Waals surface area contributed by atoms with Crippen LogP contribution in [0.3, 0.4) is 0 Å². The monoisotopic (exact) mass is 250 g/mol. The summed E-state index contributed by atoms with van der Waals surface area (Å²) in [5.41, 5.74) is 0.806. The average Bonchev–Trinajstić information content (AvgIpc) is 2.74. The molecular formula is C11H14N4O3. The van der Waals surface area contributed by atoms with Crippen molar-refractivity contribution in [2.24, 2.45) is 0 Å². The molecule has 2 aromatic heterocycles. The highest BCUT2D eigenvalue weighted by Gasteiger charge is 2.13. The first kappa shape index (κ1) is 12.3. The van der Waals surface area contributed by atoms with E-state index in [1.54, 1.807) is 13.0 Å². The van der Waals surface area contributed by atoms with Gasteiger partial charge in [0.1, 0.15) is 12.1 Å². The third kappa shape index (κ3) is 1.99. The Balaban J connectivity index is 2.65. The number of hydrogen-bond acceptors (Lipinski definition) is 5. The number of methoxy groups -OCH3 is 1. The number of aromatic nitrogens is 4. The number of carbonyl (C=O) groups is 1. The zero-order chi connectivity index (χ0) is 13.3. The van der Waals surface area contributed by atoms with Gasteiger partial charge in [0.15, 0.2) is 5.82 Å². The molecule has 0 fully saturated rings. The molecule has 0 unspecified atom stereocenters.